The molecule has 0 aliphatic heterocycles. The smallest absolute Gasteiger partial charge is 0.264 e. The van der Waals surface area contributed by atoms with E-state index in [0.717, 1.165) is 17.2 Å². The molecule has 0 aromatic heterocycles. The van der Waals surface area contributed by atoms with Crippen LogP contribution in [0.25, 0.3) is 0 Å². The third-order valence-corrected chi connectivity index (χ3v) is 6.43. The van der Waals surface area contributed by atoms with E-state index < -0.39 is 15.8 Å². The summed E-state index contributed by atoms with van der Waals surface area (Å²) >= 11 is 0. The van der Waals surface area contributed by atoms with Gasteiger partial charge in [0, 0.05) is 6.07 Å². The van der Waals surface area contributed by atoms with Gasteiger partial charge in [-0.15, -0.1) is 0 Å². The Morgan fingerprint density at radius 2 is 1.68 bits per heavy atom. The first-order chi connectivity index (χ1) is 13.3. The maximum Gasteiger partial charge on any atom is 0.264 e. The van der Waals surface area contributed by atoms with Crippen molar-refractivity contribution in [2.45, 2.75) is 25.3 Å². The van der Waals surface area contributed by atoms with Crippen LogP contribution in [0.2, 0.25) is 0 Å². The maximum atomic E-state index is 13.5. The van der Waals surface area contributed by atoms with Crippen LogP contribution in [0.1, 0.15) is 16.7 Å². The number of nitrogens with zero attached hydrogens (tertiary/aromatic N) is 1. The Labute approximate surface area is 165 Å². The lowest BCUT2D eigenvalue weighted by molar-refractivity contribution is 0.415. The average molecular weight is 399 g/mol. The van der Waals surface area contributed by atoms with Gasteiger partial charge in [-0.3, -0.25) is 4.31 Å². The van der Waals surface area contributed by atoms with E-state index in [-0.39, 0.29) is 11.4 Å². The number of ether oxygens (including phenoxy) is 1. The third-order valence-electron chi connectivity index (χ3n) is 4.49. The van der Waals surface area contributed by atoms with E-state index in [4.69, 9.17) is 4.74 Å². The molecule has 28 heavy (non-hydrogen) atoms. The minimum atomic E-state index is -3.92. The highest BCUT2D eigenvalue weighted by Gasteiger charge is 2.27. The molecule has 0 aliphatic rings. The number of rotatable bonds is 6. The fourth-order valence-electron chi connectivity index (χ4n) is 2.96. The predicted molar refractivity (Wildman–Crippen MR) is 109 cm³/mol. The molecule has 0 unspecified atom stereocenters. The number of halogens is 1. The number of benzene rings is 3. The van der Waals surface area contributed by atoms with Crippen molar-refractivity contribution in [1.29, 1.82) is 0 Å². The zero-order chi connectivity index (χ0) is 20.3. The fraction of sp³-hybridized carbons (Fsp3) is 0.182. The minimum absolute atomic E-state index is 0.0730. The van der Waals surface area contributed by atoms with Crippen molar-refractivity contribution in [1.82, 2.24) is 0 Å². The zero-order valence-electron chi connectivity index (χ0n) is 16.0. The molecular weight excluding hydrogens is 377 g/mol. The Kier molecular flexibility index (Phi) is 5.70. The summed E-state index contributed by atoms with van der Waals surface area (Å²) in [5.74, 6) is 0.0837. The van der Waals surface area contributed by atoms with E-state index in [9.17, 15) is 12.8 Å². The standard InChI is InChI=1S/C22H22FNO3S/c1-16-7-9-18(10-8-16)15-24(20-5-4-6-21(14-20)27-3)28(25,26)22-12-11-19(23)13-17(22)2/h4-14H,15H2,1-3H3. The normalized spacial score (nSPS) is 11.3. The van der Waals surface area contributed by atoms with Gasteiger partial charge in [0.2, 0.25) is 0 Å². The van der Waals surface area contributed by atoms with E-state index in [1.54, 1.807) is 31.2 Å². The van der Waals surface area contributed by atoms with Crippen LogP contribution in [0.3, 0.4) is 0 Å². The van der Waals surface area contributed by atoms with Gasteiger partial charge in [-0.2, -0.15) is 0 Å². The second-order valence-corrected chi connectivity index (χ2v) is 8.44. The topological polar surface area (TPSA) is 46.6 Å². The lowest BCUT2D eigenvalue weighted by atomic mass is 10.1. The molecule has 0 bridgehead atoms. The van der Waals surface area contributed by atoms with Gasteiger partial charge in [-0.1, -0.05) is 35.9 Å². The summed E-state index contributed by atoms with van der Waals surface area (Å²) in [5.41, 5.74) is 2.77. The first-order valence-corrected chi connectivity index (χ1v) is 10.2. The number of sulfonamides is 1. The number of hydrogen-bond acceptors (Lipinski definition) is 3. The van der Waals surface area contributed by atoms with Crippen LogP contribution in [0, 0.1) is 19.7 Å². The van der Waals surface area contributed by atoms with Crippen molar-refractivity contribution in [3.8, 4) is 5.75 Å². The van der Waals surface area contributed by atoms with Crippen molar-refractivity contribution >= 4 is 15.7 Å². The molecule has 0 radical (unpaired) electrons. The number of aryl methyl sites for hydroxylation is 2. The van der Waals surface area contributed by atoms with Crippen LogP contribution in [0.15, 0.2) is 71.6 Å². The van der Waals surface area contributed by atoms with E-state index in [2.05, 4.69) is 0 Å². The second kappa shape index (κ2) is 8.02. The summed E-state index contributed by atoms with van der Waals surface area (Å²) in [6, 6.07) is 18.2. The van der Waals surface area contributed by atoms with Gasteiger partial charge in [0.1, 0.15) is 11.6 Å². The summed E-state index contributed by atoms with van der Waals surface area (Å²) in [6.07, 6.45) is 0. The van der Waals surface area contributed by atoms with E-state index in [1.165, 1.54) is 23.5 Å². The molecule has 0 amide bonds. The summed E-state index contributed by atoms with van der Waals surface area (Å²) < 4.78 is 47.1. The molecule has 0 spiro atoms. The maximum absolute atomic E-state index is 13.5. The molecule has 0 N–H and O–H groups in total. The first-order valence-electron chi connectivity index (χ1n) is 8.80. The molecule has 3 aromatic carbocycles. The highest BCUT2D eigenvalue weighted by atomic mass is 32.2. The quantitative estimate of drug-likeness (QED) is 0.595. The van der Waals surface area contributed by atoms with Gasteiger partial charge < -0.3 is 4.74 Å². The monoisotopic (exact) mass is 399 g/mol. The van der Waals surface area contributed by atoms with Crippen LogP contribution in [-0.2, 0) is 16.6 Å². The molecule has 3 aromatic rings. The van der Waals surface area contributed by atoms with Gasteiger partial charge in [0.15, 0.2) is 0 Å². The molecule has 3 rings (SSSR count). The summed E-state index contributed by atoms with van der Waals surface area (Å²) in [7, 11) is -2.39. The predicted octanol–water partition coefficient (Wildman–Crippen LogP) is 4.85. The van der Waals surface area contributed by atoms with Crippen molar-refractivity contribution < 1.29 is 17.5 Å². The average Bonchev–Trinajstić information content (AvgIpc) is 2.67. The summed E-state index contributed by atoms with van der Waals surface area (Å²) in [4.78, 5) is 0.0730. The van der Waals surface area contributed by atoms with Crippen LogP contribution in [0.4, 0.5) is 10.1 Å². The van der Waals surface area contributed by atoms with Gasteiger partial charge >= 0.3 is 0 Å². The van der Waals surface area contributed by atoms with Crippen LogP contribution in [-0.4, -0.2) is 15.5 Å². The van der Waals surface area contributed by atoms with Gasteiger partial charge in [0.25, 0.3) is 10.0 Å². The summed E-state index contributed by atoms with van der Waals surface area (Å²) in [5, 5.41) is 0. The van der Waals surface area contributed by atoms with Crippen LogP contribution < -0.4 is 9.04 Å². The highest BCUT2D eigenvalue weighted by Crippen LogP contribution is 2.30. The Morgan fingerprint density at radius 3 is 2.32 bits per heavy atom. The molecule has 6 heteroatoms. The van der Waals surface area contributed by atoms with Crippen molar-refractivity contribution in [2.75, 3.05) is 11.4 Å². The fourth-order valence-corrected chi connectivity index (χ4v) is 4.61. The molecule has 146 valence electrons. The Hall–Kier alpha value is -2.86. The van der Waals surface area contributed by atoms with Crippen LogP contribution >= 0.6 is 0 Å². The van der Waals surface area contributed by atoms with Gasteiger partial charge in [0.05, 0.1) is 24.2 Å². The summed E-state index contributed by atoms with van der Waals surface area (Å²) in [6.45, 7) is 3.71. The molecule has 0 atom stereocenters. The van der Waals surface area contributed by atoms with E-state index in [0.29, 0.717) is 17.0 Å². The number of hydrogen-bond donors (Lipinski definition) is 0. The van der Waals surface area contributed by atoms with Crippen molar-refractivity contribution in [2.24, 2.45) is 0 Å². The molecule has 0 fully saturated rings. The Bertz CT molecular complexity index is 1080. The van der Waals surface area contributed by atoms with Crippen molar-refractivity contribution in [3.63, 3.8) is 0 Å². The largest absolute Gasteiger partial charge is 0.497 e. The van der Waals surface area contributed by atoms with Crippen molar-refractivity contribution in [3.05, 3.63) is 89.2 Å². The number of anilines is 1. The minimum Gasteiger partial charge on any atom is -0.497 e. The Morgan fingerprint density at radius 1 is 0.964 bits per heavy atom. The second-order valence-electron chi connectivity index (χ2n) is 6.61. The van der Waals surface area contributed by atoms with Gasteiger partial charge in [-0.25, -0.2) is 12.8 Å². The molecular formula is C22H22FNO3S. The first kappa shape index (κ1) is 19.9. The van der Waals surface area contributed by atoms with Crippen LogP contribution in [0.5, 0.6) is 5.75 Å². The Balaban J connectivity index is 2.12. The number of methoxy groups -OCH3 is 1. The molecule has 0 saturated heterocycles. The molecule has 0 aliphatic carbocycles. The third kappa shape index (κ3) is 4.17. The highest BCUT2D eigenvalue weighted by molar-refractivity contribution is 7.92. The van der Waals surface area contributed by atoms with E-state index >= 15 is 0 Å². The van der Waals surface area contributed by atoms with Gasteiger partial charge in [-0.05, 0) is 55.3 Å². The zero-order valence-corrected chi connectivity index (χ0v) is 16.8. The molecule has 0 saturated carbocycles. The lowest BCUT2D eigenvalue weighted by Crippen LogP contribution is -2.31. The lowest BCUT2D eigenvalue weighted by Gasteiger charge is -2.26. The molecule has 4 nitrogen and oxygen atoms in total. The van der Waals surface area contributed by atoms with E-state index in [1.807, 2.05) is 31.2 Å². The SMILES string of the molecule is COc1cccc(N(Cc2ccc(C)cc2)S(=O)(=O)c2ccc(F)cc2C)c1. The molecule has 0 heterocycles.